The molecular weight excluding hydrogens is 310 g/mol. The molecule has 0 aromatic carbocycles. The zero-order chi connectivity index (χ0) is 18.5. The number of hydrogen-bond donors (Lipinski definition) is 3. The summed E-state index contributed by atoms with van der Waals surface area (Å²) in [5.41, 5.74) is 0. The number of ketones is 1. The maximum atomic E-state index is 12.2. The summed E-state index contributed by atoms with van der Waals surface area (Å²) < 4.78 is 0. The van der Waals surface area contributed by atoms with E-state index in [-0.39, 0.29) is 30.4 Å². The number of carbonyl (C=O) groups is 4. The molecule has 0 saturated heterocycles. The maximum absolute atomic E-state index is 12.2. The lowest BCUT2D eigenvalue weighted by Gasteiger charge is -2.20. The number of carbonyl (C=O) groups excluding carboxylic acids is 4. The molecule has 0 saturated carbocycles. The molecule has 0 aromatic rings. The van der Waals surface area contributed by atoms with Crippen molar-refractivity contribution in [3.63, 3.8) is 0 Å². The Morgan fingerprint density at radius 1 is 0.958 bits per heavy atom. The predicted molar refractivity (Wildman–Crippen MR) is 92.3 cm³/mol. The summed E-state index contributed by atoms with van der Waals surface area (Å²) in [4.78, 5) is 47.0. The molecule has 24 heavy (non-hydrogen) atoms. The highest BCUT2D eigenvalue weighted by Gasteiger charge is 2.23. The van der Waals surface area contributed by atoms with E-state index in [0.717, 1.165) is 12.8 Å². The van der Waals surface area contributed by atoms with Crippen molar-refractivity contribution in [3.8, 4) is 0 Å². The molecule has 138 valence electrons. The quantitative estimate of drug-likeness (QED) is 0.462. The third kappa shape index (κ3) is 9.97. The molecule has 0 heterocycles. The number of unbranched alkanes of at least 4 members (excludes halogenated alkanes) is 1. The first kappa shape index (κ1) is 22.1. The van der Waals surface area contributed by atoms with Crippen LogP contribution in [0.3, 0.4) is 0 Å². The molecule has 7 nitrogen and oxygen atoms in total. The Hall–Kier alpha value is -1.92. The van der Waals surface area contributed by atoms with Gasteiger partial charge >= 0.3 is 0 Å². The predicted octanol–water partition coefficient (Wildman–Crippen LogP) is 1.06. The van der Waals surface area contributed by atoms with Crippen LogP contribution in [0.5, 0.6) is 0 Å². The lowest BCUT2D eigenvalue weighted by molar-refractivity contribution is -0.131. The molecule has 0 aliphatic carbocycles. The minimum Gasteiger partial charge on any atom is -0.356 e. The van der Waals surface area contributed by atoms with Gasteiger partial charge < -0.3 is 16.0 Å². The van der Waals surface area contributed by atoms with Crippen LogP contribution in [0.15, 0.2) is 0 Å². The van der Waals surface area contributed by atoms with E-state index in [1.807, 2.05) is 13.8 Å². The molecular formula is C17H31N3O4. The molecule has 7 heteroatoms. The molecule has 3 N–H and O–H groups in total. The molecule has 0 fully saturated rings. The van der Waals surface area contributed by atoms with Gasteiger partial charge in [0.1, 0.15) is 6.04 Å². The highest BCUT2D eigenvalue weighted by atomic mass is 16.2. The fraction of sp³-hybridized carbons (Fsp3) is 0.765. The Kier molecular flexibility index (Phi) is 11.5. The lowest BCUT2D eigenvalue weighted by atomic mass is 10.0. The van der Waals surface area contributed by atoms with E-state index < -0.39 is 18.0 Å². The lowest BCUT2D eigenvalue weighted by Crippen LogP contribution is -2.50. The van der Waals surface area contributed by atoms with E-state index >= 15 is 0 Å². The van der Waals surface area contributed by atoms with Crippen molar-refractivity contribution in [2.75, 3.05) is 6.54 Å². The van der Waals surface area contributed by atoms with Gasteiger partial charge in [-0.1, -0.05) is 20.3 Å². The van der Waals surface area contributed by atoms with Crippen LogP contribution in [-0.4, -0.2) is 42.1 Å². The van der Waals surface area contributed by atoms with Crippen molar-refractivity contribution in [1.82, 2.24) is 16.0 Å². The van der Waals surface area contributed by atoms with Crippen LogP contribution in [0.4, 0.5) is 0 Å². The molecule has 0 aliphatic heterocycles. The fourth-order valence-electron chi connectivity index (χ4n) is 2.17. The monoisotopic (exact) mass is 341 g/mol. The van der Waals surface area contributed by atoms with Crippen LogP contribution in [0.2, 0.25) is 0 Å². The molecule has 3 amide bonds. The van der Waals surface area contributed by atoms with E-state index in [1.54, 1.807) is 6.92 Å². The Morgan fingerprint density at radius 3 is 2.17 bits per heavy atom. The Bertz CT molecular complexity index is 438. The average molecular weight is 341 g/mol. The van der Waals surface area contributed by atoms with Crippen LogP contribution < -0.4 is 16.0 Å². The Morgan fingerprint density at radius 2 is 1.62 bits per heavy atom. The van der Waals surface area contributed by atoms with E-state index in [0.29, 0.717) is 19.4 Å². The minimum absolute atomic E-state index is 0.0952. The first-order chi connectivity index (χ1) is 11.3. The van der Waals surface area contributed by atoms with Crippen molar-refractivity contribution in [2.24, 2.45) is 0 Å². The normalized spacial score (nSPS) is 12.8. The summed E-state index contributed by atoms with van der Waals surface area (Å²) in [7, 11) is 0. The molecule has 0 radical (unpaired) electrons. The van der Waals surface area contributed by atoms with Crippen molar-refractivity contribution < 1.29 is 19.2 Å². The number of rotatable bonds is 12. The fourth-order valence-corrected chi connectivity index (χ4v) is 2.17. The van der Waals surface area contributed by atoms with E-state index in [1.165, 1.54) is 6.92 Å². The summed E-state index contributed by atoms with van der Waals surface area (Å²) in [6.07, 6.45) is 3.36. The highest BCUT2D eigenvalue weighted by Crippen LogP contribution is 2.05. The number of nitrogens with one attached hydrogen (secondary N) is 3. The summed E-state index contributed by atoms with van der Waals surface area (Å²) >= 11 is 0. The van der Waals surface area contributed by atoms with Gasteiger partial charge in [-0.05, 0) is 26.2 Å². The number of hydrogen-bond acceptors (Lipinski definition) is 4. The van der Waals surface area contributed by atoms with E-state index in [9.17, 15) is 19.2 Å². The second-order valence-corrected chi connectivity index (χ2v) is 5.94. The van der Waals surface area contributed by atoms with Gasteiger partial charge in [-0.15, -0.1) is 0 Å². The van der Waals surface area contributed by atoms with Gasteiger partial charge in [0.05, 0.1) is 6.04 Å². The zero-order valence-electron chi connectivity index (χ0n) is 15.2. The summed E-state index contributed by atoms with van der Waals surface area (Å²) in [6.45, 7) is 7.42. The van der Waals surface area contributed by atoms with Crippen molar-refractivity contribution in [2.45, 2.75) is 78.3 Å². The third-order valence-corrected chi connectivity index (χ3v) is 3.53. The second-order valence-electron chi connectivity index (χ2n) is 5.94. The molecule has 0 aliphatic rings. The third-order valence-electron chi connectivity index (χ3n) is 3.53. The topological polar surface area (TPSA) is 104 Å². The molecule has 0 spiro atoms. The zero-order valence-corrected chi connectivity index (χ0v) is 15.2. The van der Waals surface area contributed by atoms with Crippen molar-refractivity contribution in [3.05, 3.63) is 0 Å². The number of Topliss-reactive ketones (excluding diaryl/α,β-unsaturated/α-hetero) is 1. The number of amides is 3. The molecule has 0 bridgehead atoms. The van der Waals surface area contributed by atoms with Crippen LogP contribution in [-0.2, 0) is 19.2 Å². The average Bonchev–Trinajstić information content (AvgIpc) is 2.50. The molecule has 2 atom stereocenters. The van der Waals surface area contributed by atoms with Crippen molar-refractivity contribution in [1.29, 1.82) is 0 Å². The Labute approximate surface area is 144 Å². The van der Waals surface area contributed by atoms with Crippen molar-refractivity contribution >= 4 is 23.5 Å². The molecule has 2 unspecified atom stereocenters. The van der Waals surface area contributed by atoms with Gasteiger partial charge in [0.15, 0.2) is 5.78 Å². The summed E-state index contributed by atoms with van der Waals surface area (Å²) in [5, 5.41) is 7.91. The van der Waals surface area contributed by atoms with Crippen LogP contribution in [0.25, 0.3) is 0 Å². The first-order valence-electron chi connectivity index (χ1n) is 8.68. The summed E-state index contributed by atoms with van der Waals surface area (Å²) in [6, 6.07) is -1.43. The largest absolute Gasteiger partial charge is 0.356 e. The van der Waals surface area contributed by atoms with Gasteiger partial charge in [-0.3, -0.25) is 19.2 Å². The van der Waals surface area contributed by atoms with E-state index in [2.05, 4.69) is 16.0 Å². The maximum Gasteiger partial charge on any atom is 0.242 e. The second kappa shape index (κ2) is 12.5. The minimum atomic E-state index is -0.724. The molecule has 0 rings (SSSR count). The van der Waals surface area contributed by atoms with Crippen LogP contribution in [0, 0.1) is 0 Å². The summed E-state index contributed by atoms with van der Waals surface area (Å²) in [5.74, 6) is -0.959. The van der Waals surface area contributed by atoms with Crippen LogP contribution in [0.1, 0.15) is 66.2 Å². The van der Waals surface area contributed by atoms with Gasteiger partial charge in [0, 0.05) is 26.3 Å². The smallest absolute Gasteiger partial charge is 0.242 e. The molecule has 0 aromatic heterocycles. The highest BCUT2D eigenvalue weighted by molar-refractivity contribution is 5.92. The SMILES string of the molecule is CCCCNC(=O)CCC(NC(=O)C(C)NC(C)=O)C(=O)CCC. The Balaban J connectivity index is 4.58. The van der Waals surface area contributed by atoms with Gasteiger partial charge in [0.25, 0.3) is 0 Å². The van der Waals surface area contributed by atoms with Gasteiger partial charge in [-0.2, -0.15) is 0 Å². The standard InChI is InChI=1S/C17H31N3O4/c1-5-7-11-18-16(23)10-9-14(15(22)8-6-2)20-17(24)12(3)19-13(4)21/h12,14H,5-11H2,1-4H3,(H,18,23)(H,19,21)(H,20,24). The van der Waals surface area contributed by atoms with E-state index in [4.69, 9.17) is 0 Å². The van der Waals surface area contributed by atoms with Crippen LogP contribution >= 0.6 is 0 Å². The van der Waals surface area contributed by atoms with Gasteiger partial charge in [-0.25, -0.2) is 0 Å². The van der Waals surface area contributed by atoms with Gasteiger partial charge in [0.2, 0.25) is 17.7 Å². The first-order valence-corrected chi connectivity index (χ1v) is 8.68.